The third-order valence-corrected chi connectivity index (χ3v) is 10.3. The molecule has 0 spiro atoms. The number of aromatic nitrogens is 2. The van der Waals surface area contributed by atoms with Crippen LogP contribution < -0.4 is 9.64 Å². The number of imidazole rings is 1. The third kappa shape index (κ3) is 6.09. The lowest BCUT2D eigenvalue weighted by molar-refractivity contribution is 0.0982. The molecule has 0 radical (unpaired) electrons. The monoisotopic (exact) mass is 609 g/mol. The minimum absolute atomic E-state index is 0.159. The number of aryl methyl sites for hydroxylation is 1. The smallest absolute Gasteiger partial charge is 0.178 e. The first-order valence-corrected chi connectivity index (χ1v) is 17.2. The average molecular weight is 610 g/mol. The second-order valence-corrected chi connectivity index (χ2v) is 13.8. The van der Waals surface area contributed by atoms with Gasteiger partial charge in [-0.1, -0.05) is 49.6 Å². The molecule has 0 unspecified atom stereocenters. The summed E-state index contributed by atoms with van der Waals surface area (Å²) < 4.78 is 34.6. The number of hydrogen-bond acceptors (Lipinski definition) is 6. The van der Waals surface area contributed by atoms with E-state index in [0.717, 1.165) is 88.8 Å². The van der Waals surface area contributed by atoms with Crippen LogP contribution in [0.25, 0.3) is 33.2 Å². The Labute approximate surface area is 259 Å². The highest BCUT2D eigenvalue weighted by Gasteiger charge is 2.22. The lowest BCUT2D eigenvalue weighted by Gasteiger charge is -2.17. The van der Waals surface area contributed by atoms with Gasteiger partial charge in [-0.3, -0.25) is 4.79 Å². The summed E-state index contributed by atoms with van der Waals surface area (Å²) in [5.41, 5.74) is 4.59. The van der Waals surface area contributed by atoms with Crippen LogP contribution in [0, 0.1) is 0 Å². The second-order valence-electron chi connectivity index (χ2n) is 11.8. The molecule has 0 N–H and O–H groups in total. The predicted octanol–water partition coefficient (Wildman–Crippen LogP) is 7.70. The Hall–Kier alpha value is -4.17. The molecule has 7 nitrogen and oxygen atoms in total. The van der Waals surface area contributed by atoms with Crippen molar-refractivity contribution in [3.05, 3.63) is 84.4 Å². The van der Waals surface area contributed by atoms with Crippen molar-refractivity contribution in [1.82, 2.24) is 9.55 Å². The van der Waals surface area contributed by atoms with Gasteiger partial charge in [-0.2, -0.15) is 0 Å². The molecule has 8 heteroatoms. The number of nitrogens with zero attached hydrogens (tertiary/aromatic N) is 3. The van der Waals surface area contributed by atoms with Gasteiger partial charge in [0, 0.05) is 54.6 Å². The van der Waals surface area contributed by atoms with E-state index in [-0.39, 0.29) is 11.5 Å². The van der Waals surface area contributed by atoms with Crippen LogP contribution in [0.15, 0.2) is 83.8 Å². The molecular formula is C36H39N3O4S. The maximum absolute atomic E-state index is 13.2. The summed E-state index contributed by atoms with van der Waals surface area (Å²) in [6.45, 7) is 1.39. The maximum atomic E-state index is 13.2. The van der Waals surface area contributed by atoms with E-state index in [0.29, 0.717) is 24.3 Å². The van der Waals surface area contributed by atoms with Crippen LogP contribution in [0.5, 0.6) is 5.75 Å². The number of ketones is 1. The van der Waals surface area contributed by atoms with E-state index >= 15 is 0 Å². The van der Waals surface area contributed by atoms with Crippen molar-refractivity contribution in [1.29, 1.82) is 0 Å². The van der Waals surface area contributed by atoms with Crippen molar-refractivity contribution >= 4 is 43.1 Å². The maximum Gasteiger partial charge on any atom is 0.178 e. The van der Waals surface area contributed by atoms with Crippen molar-refractivity contribution in [2.45, 2.75) is 56.4 Å². The first-order chi connectivity index (χ1) is 21.3. The van der Waals surface area contributed by atoms with Gasteiger partial charge in [0.25, 0.3) is 0 Å². The summed E-state index contributed by atoms with van der Waals surface area (Å²) in [5.74, 6) is 2.05. The highest BCUT2D eigenvalue weighted by Crippen LogP contribution is 2.32. The van der Waals surface area contributed by atoms with Crippen LogP contribution in [0.3, 0.4) is 0 Å². The highest BCUT2D eigenvalue weighted by molar-refractivity contribution is 7.91. The number of benzene rings is 4. The minimum Gasteiger partial charge on any atom is -0.494 e. The molecule has 1 aliphatic rings. The molecule has 0 amide bonds. The summed E-state index contributed by atoms with van der Waals surface area (Å²) in [4.78, 5) is 19.9. The Kier molecular flexibility index (Phi) is 8.71. The number of para-hydroxylation sites is 1. The largest absolute Gasteiger partial charge is 0.494 e. The first kappa shape index (κ1) is 29.9. The van der Waals surface area contributed by atoms with Crippen molar-refractivity contribution < 1.29 is 17.9 Å². The van der Waals surface area contributed by atoms with Gasteiger partial charge in [0.15, 0.2) is 15.6 Å². The fourth-order valence-corrected chi connectivity index (χ4v) is 7.83. The molecular weight excluding hydrogens is 570 g/mol. The molecule has 1 aliphatic heterocycles. The van der Waals surface area contributed by atoms with Crippen molar-refractivity contribution in [3.63, 3.8) is 0 Å². The molecule has 2 heterocycles. The standard InChI is InChI=1S/C36H39N3O4S/c1-38(2)32-16-9-13-29-28(32)12-10-18-34(29)44(41,42)25-7-5-3-4-6-24-43-27-21-19-26(20-22-27)36-37-31-15-8-14-30-33(40)17-11-23-39(36)35(30)31/h8-10,12-16,18-22H,3-7,11,17,23-25H2,1-2H3. The summed E-state index contributed by atoms with van der Waals surface area (Å²) >= 11 is 0. The zero-order valence-corrected chi connectivity index (χ0v) is 26.3. The Morgan fingerprint density at radius 2 is 1.57 bits per heavy atom. The molecule has 5 aromatic rings. The van der Waals surface area contributed by atoms with E-state index in [1.165, 1.54) is 0 Å². The number of anilines is 1. The summed E-state index contributed by atoms with van der Waals surface area (Å²) in [7, 11) is 0.574. The average Bonchev–Trinajstić information content (AvgIpc) is 3.31. The number of hydrogen-bond donors (Lipinski definition) is 0. The van der Waals surface area contributed by atoms with Gasteiger partial charge < -0.3 is 14.2 Å². The van der Waals surface area contributed by atoms with E-state index in [1.807, 2.05) is 91.8 Å². The molecule has 0 saturated carbocycles. The van der Waals surface area contributed by atoms with Gasteiger partial charge in [-0.05, 0) is 67.8 Å². The first-order valence-electron chi connectivity index (χ1n) is 15.5. The third-order valence-electron chi connectivity index (χ3n) is 8.47. The number of fused-ring (bicyclic) bond motifs is 1. The zero-order chi connectivity index (χ0) is 30.7. The quantitative estimate of drug-likeness (QED) is 0.135. The molecule has 228 valence electrons. The molecule has 0 aliphatic carbocycles. The Morgan fingerprint density at radius 3 is 2.39 bits per heavy atom. The number of rotatable bonds is 12. The number of Topliss-reactive ketones (excluding diaryl/α,β-unsaturated/α-hetero) is 1. The van der Waals surface area contributed by atoms with Crippen molar-refractivity contribution in [3.8, 4) is 17.1 Å². The van der Waals surface area contributed by atoms with E-state index < -0.39 is 9.84 Å². The fraction of sp³-hybridized carbons (Fsp3) is 0.333. The minimum atomic E-state index is -3.37. The van der Waals surface area contributed by atoms with Crippen molar-refractivity contribution in [2.75, 3.05) is 31.4 Å². The molecule has 44 heavy (non-hydrogen) atoms. The van der Waals surface area contributed by atoms with Crippen LogP contribution in [-0.2, 0) is 16.4 Å². The number of carbonyl (C=O) groups is 1. The number of unbranched alkanes of at least 4 members (excludes halogenated alkanes) is 4. The van der Waals surface area contributed by atoms with Crippen LogP contribution in [-0.4, -0.2) is 50.2 Å². The zero-order valence-electron chi connectivity index (χ0n) is 25.5. The predicted molar refractivity (Wildman–Crippen MR) is 178 cm³/mol. The van der Waals surface area contributed by atoms with E-state index in [1.54, 1.807) is 6.07 Å². The SMILES string of the molecule is CN(C)c1cccc2c(S(=O)(=O)CCCCCCCOc3ccc(-c4nc5cccc6c5n4CCCC6=O)cc3)cccc12. The molecule has 0 fully saturated rings. The highest BCUT2D eigenvalue weighted by atomic mass is 32.2. The van der Waals surface area contributed by atoms with E-state index in [9.17, 15) is 13.2 Å². The summed E-state index contributed by atoms with van der Waals surface area (Å²) in [5, 5.41) is 1.75. The lowest BCUT2D eigenvalue weighted by atomic mass is 10.1. The molecule has 6 rings (SSSR count). The molecule has 0 bridgehead atoms. The Balaban J connectivity index is 0.969. The van der Waals surface area contributed by atoms with Gasteiger partial charge in [-0.15, -0.1) is 0 Å². The normalized spacial score (nSPS) is 13.4. The van der Waals surface area contributed by atoms with Gasteiger partial charge in [0.05, 0.1) is 28.3 Å². The van der Waals surface area contributed by atoms with Gasteiger partial charge >= 0.3 is 0 Å². The molecule has 4 aromatic carbocycles. The number of ether oxygens (including phenoxy) is 1. The molecule has 1 aromatic heterocycles. The topological polar surface area (TPSA) is 81.5 Å². The Bertz CT molecular complexity index is 1910. The summed E-state index contributed by atoms with van der Waals surface area (Å²) in [6.07, 6.45) is 5.77. The summed E-state index contributed by atoms with van der Waals surface area (Å²) in [6, 6.07) is 25.2. The van der Waals surface area contributed by atoms with Crippen LogP contribution >= 0.6 is 0 Å². The molecule has 0 atom stereocenters. The van der Waals surface area contributed by atoms with Gasteiger partial charge in [-0.25, -0.2) is 13.4 Å². The van der Waals surface area contributed by atoms with Crippen LogP contribution in [0.4, 0.5) is 5.69 Å². The molecule has 0 saturated heterocycles. The van der Waals surface area contributed by atoms with Gasteiger partial charge in [0.2, 0.25) is 0 Å². The van der Waals surface area contributed by atoms with Crippen molar-refractivity contribution in [2.24, 2.45) is 0 Å². The number of sulfone groups is 1. The van der Waals surface area contributed by atoms with E-state index in [4.69, 9.17) is 9.72 Å². The number of carbonyl (C=O) groups excluding carboxylic acids is 1. The second kappa shape index (κ2) is 12.8. The van der Waals surface area contributed by atoms with Crippen LogP contribution in [0.1, 0.15) is 55.3 Å². The van der Waals surface area contributed by atoms with E-state index in [2.05, 4.69) is 4.57 Å². The lowest BCUT2D eigenvalue weighted by Crippen LogP contribution is -2.10. The van der Waals surface area contributed by atoms with Crippen LogP contribution in [0.2, 0.25) is 0 Å². The fourth-order valence-electron chi connectivity index (χ4n) is 6.23. The van der Waals surface area contributed by atoms with Gasteiger partial charge in [0.1, 0.15) is 11.6 Å². The Morgan fingerprint density at radius 1 is 0.841 bits per heavy atom.